The molecule has 0 aliphatic rings. The van der Waals surface area contributed by atoms with Crippen LogP contribution in [0.5, 0.6) is 0 Å². The first kappa shape index (κ1) is 16.0. The zero-order valence-electron chi connectivity index (χ0n) is 13.1. The van der Waals surface area contributed by atoms with E-state index in [1.807, 2.05) is 38.2 Å². The van der Waals surface area contributed by atoms with Crippen LogP contribution in [0.4, 0.5) is 0 Å². The Balaban J connectivity index is 2.19. The summed E-state index contributed by atoms with van der Waals surface area (Å²) in [5.41, 5.74) is 0.357. The van der Waals surface area contributed by atoms with Gasteiger partial charge in [-0.1, -0.05) is 31.5 Å². The number of carbonyl (C=O) groups is 2. The normalized spacial score (nSPS) is 13.8. The smallest absolute Gasteiger partial charge is 0.329 e. The van der Waals surface area contributed by atoms with Gasteiger partial charge >= 0.3 is 5.97 Å². The number of para-hydroxylation sites is 1. The molecular formula is C16H21N3O3. The van der Waals surface area contributed by atoms with Gasteiger partial charge in [0.2, 0.25) is 5.91 Å². The lowest BCUT2D eigenvalue weighted by Gasteiger charge is -2.25. The molecule has 1 atom stereocenters. The second kappa shape index (κ2) is 6.17. The topological polar surface area (TPSA) is 84.2 Å². The summed E-state index contributed by atoms with van der Waals surface area (Å²) in [5.74, 6) is -1.35. The van der Waals surface area contributed by atoms with Crippen molar-refractivity contribution in [2.45, 2.75) is 38.6 Å². The number of nitrogens with one attached hydrogen (secondary N) is 1. The van der Waals surface area contributed by atoms with Gasteiger partial charge in [-0.15, -0.1) is 0 Å². The molecule has 118 valence electrons. The number of carbonyl (C=O) groups excluding carboxylic acids is 1. The number of aromatic nitrogens is 2. The van der Waals surface area contributed by atoms with Crippen LogP contribution in [0.2, 0.25) is 0 Å². The monoisotopic (exact) mass is 303 g/mol. The molecule has 0 saturated heterocycles. The minimum absolute atomic E-state index is 0.0634. The summed E-state index contributed by atoms with van der Waals surface area (Å²) in [7, 11) is 1.82. The van der Waals surface area contributed by atoms with Crippen LogP contribution in [0.25, 0.3) is 10.9 Å². The van der Waals surface area contributed by atoms with E-state index in [1.54, 1.807) is 4.68 Å². The van der Waals surface area contributed by atoms with Gasteiger partial charge in [-0.3, -0.25) is 9.48 Å². The standard InChI is InChI=1S/C16H21N3O3/c1-4-9-16(2,15(21)22)17-14(20)10-12-11-7-5-6-8-13(11)19(3)18-12/h5-8H,4,9-10H2,1-3H3,(H,17,20)(H,21,22). The van der Waals surface area contributed by atoms with Crippen molar-refractivity contribution in [2.75, 3.05) is 0 Å². The Hall–Kier alpha value is -2.37. The lowest BCUT2D eigenvalue weighted by Crippen LogP contribution is -2.52. The number of amides is 1. The van der Waals surface area contributed by atoms with E-state index >= 15 is 0 Å². The van der Waals surface area contributed by atoms with Gasteiger partial charge in [0.25, 0.3) is 0 Å². The maximum absolute atomic E-state index is 12.2. The zero-order valence-corrected chi connectivity index (χ0v) is 13.1. The van der Waals surface area contributed by atoms with Crippen molar-refractivity contribution in [3.8, 4) is 0 Å². The van der Waals surface area contributed by atoms with Gasteiger partial charge in [0.15, 0.2) is 0 Å². The summed E-state index contributed by atoms with van der Waals surface area (Å²) < 4.78 is 1.72. The molecule has 0 radical (unpaired) electrons. The lowest BCUT2D eigenvalue weighted by molar-refractivity contribution is -0.147. The van der Waals surface area contributed by atoms with E-state index in [0.717, 1.165) is 10.9 Å². The molecule has 0 fully saturated rings. The Kier molecular flexibility index (Phi) is 4.49. The third-order valence-corrected chi connectivity index (χ3v) is 3.80. The molecule has 2 aromatic rings. The molecular weight excluding hydrogens is 282 g/mol. The summed E-state index contributed by atoms with van der Waals surface area (Å²) in [6.07, 6.45) is 1.13. The highest BCUT2D eigenvalue weighted by Gasteiger charge is 2.33. The molecule has 1 aromatic carbocycles. The van der Waals surface area contributed by atoms with E-state index in [1.165, 1.54) is 6.92 Å². The molecule has 6 nitrogen and oxygen atoms in total. The molecule has 1 amide bonds. The van der Waals surface area contributed by atoms with Gasteiger partial charge in [-0.25, -0.2) is 4.79 Å². The van der Waals surface area contributed by atoms with Gasteiger partial charge in [-0.05, 0) is 19.4 Å². The highest BCUT2D eigenvalue weighted by molar-refractivity contribution is 5.90. The third kappa shape index (κ3) is 3.10. The first-order chi connectivity index (χ1) is 10.4. The number of fused-ring (bicyclic) bond motifs is 1. The molecule has 1 aromatic heterocycles. The molecule has 22 heavy (non-hydrogen) atoms. The number of aliphatic carboxylic acids is 1. The SMILES string of the molecule is CCCC(C)(NC(=O)Cc1nn(C)c2ccccc12)C(=O)O. The van der Waals surface area contributed by atoms with E-state index in [-0.39, 0.29) is 12.3 Å². The number of aryl methyl sites for hydroxylation is 1. The summed E-state index contributed by atoms with van der Waals surface area (Å²) in [4.78, 5) is 23.6. The number of benzene rings is 1. The van der Waals surface area contributed by atoms with Crippen molar-refractivity contribution in [1.82, 2.24) is 15.1 Å². The molecule has 0 aliphatic heterocycles. The number of carboxylic acids is 1. The highest BCUT2D eigenvalue weighted by Crippen LogP contribution is 2.19. The lowest BCUT2D eigenvalue weighted by atomic mass is 9.96. The van der Waals surface area contributed by atoms with E-state index in [9.17, 15) is 14.7 Å². The van der Waals surface area contributed by atoms with Gasteiger partial charge in [0.05, 0.1) is 17.6 Å². The van der Waals surface area contributed by atoms with Crippen molar-refractivity contribution < 1.29 is 14.7 Å². The Morgan fingerprint density at radius 2 is 2.05 bits per heavy atom. The number of carboxylic acid groups (broad SMARTS) is 1. The third-order valence-electron chi connectivity index (χ3n) is 3.80. The number of rotatable bonds is 6. The minimum atomic E-state index is -1.24. The van der Waals surface area contributed by atoms with Crippen LogP contribution in [0.1, 0.15) is 32.4 Å². The van der Waals surface area contributed by atoms with Crippen LogP contribution in [-0.4, -0.2) is 32.3 Å². The summed E-state index contributed by atoms with van der Waals surface area (Å²) in [6, 6.07) is 7.65. The van der Waals surface area contributed by atoms with Gasteiger partial charge < -0.3 is 10.4 Å². The van der Waals surface area contributed by atoms with E-state index in [4.69, 9.17) is 0 Å². The molecule has 6 heteroatoms. The largest absolute Gasteiger partial charge is 0.480 e. The van der Waals surface area contributed by atoms with E-state index < -0.39 is 11.5 Å². The van der Waals surface area contributed by atoms with Crippen molar-refractivity contribution in [3.63, 3.8) is 0 Å². The predicted octanol–water partition coefficient (Wildman–Crippen LogP) is 1.88. The molecule has 1 heterocycles. The van der Waals surface area contributed by atoms with E-state index in [2.05, 4.69) is 10.4 Å². The van der Waals surface area contributed by atoms with Crippen LogP contribution < -0.4 is 5.32 Å². The molecule has 0 saturated carbocycles. The van der Waals surface area contributed by atoms with Gasteiger partial charge in [0.1, 0.15) is 5.54 Å². The van der Waals surface area contributed by atoms with Crippen LogP contribution in [0.3, 0.4) is 0 Å². The molecule has 0 spiro atoms. The van der Waals surface area contributed by atoms with Gasteiger partial charge in [0, 0.05) is 12.4 Å². The molecule has 1 unspecified atom stereocenters. The molecule has 0 aliphatic carbocycles. The number of hydrogen-bond acceptors (Lipinski definition) is 3. The maximum Gasteiger partial charge on any atom is 0.329 e. The Morgan fingerprint density at radius 1 is 1.36 bits per heavy atom. The second-order valence-corrected chi connectivity index (χ2v) is 5.70. The summed E-state index contributed by atoms with van der Waals surface area (Å²) in [6.45, 7) is 3.42. The molecule has 2 N–H and O–H groups in total. The van der Waals surface area contributed by atoms with Crippen LogP contribution in [-0.2, 0) is 23.1 Å². The fourth-order valence-electron chi connectivity index (χ4n) is 2.65. The first-order valence-electron chi connectivity index (χ1n) is 7.32. The first-order valence-corrected chi connectivity index (χ1v) is 7.32. The average Bonchev–Trinajstić information content (AvgIpc) is 2.76. The average molecular weight is 303 g/mol. The van der Waals surface area contributed by atoms with Crippen LogP contribution in [0, 0.1) is 0 Å². The van der Waals surface area contributed by atoms with Crippen LogP contribution >= 0.6 is 0 Å². The highest BCUT2D eigenvalue weighted by atomic mass is 16.4. The Bertz CT molecular complexity index is 708. The van der Waals surface area contributed by atoms with Crippen molar-refractivity contribution in [1.29, 1.82) is 0 Å². The Labute approximate surface area is 129 Å². The quantitative estimate of drug-likeness (QED) is 0.853. The minimum Gasteiger partial charge on any atom is -0.480 e. The second-order valence-electron chi connectivity index (χ2n) is 5.70. The molecule has 0 bridgehead atoms. The summed E-state index contributed by atoms with van der Waals surface area (Å²) >= 11 is 0. The van der Waals surface area contributed by atoms with Gasteiger partial charge in [-0.2, -0.15) is 5.10 Å². The number of nitrogens with zero attached hydrogens (tertiary/aromatic N) is 2. The predicted molar refractivity (Wildman–Crippen MR) is 83.5 cm³/mol. The van der Waals surface area contributed by atoms with Crippen molar-refractivity contribution in [3.05, 3.63) is 30.0 Å². The fraction of sp³-hybridized carbons (Fsp3) is 0.438. The Morgan fingerprint density at radius 3 is 2.68 bits per heavy atom. The number of hydrogen-bond donors (Lipinski definition) is 2. The molecule has 2 rings (SSSR count). The maximum atomic E-state index is 12.2. The van der Waals surface area contributed by atoms with Crippen molar-refractivity contribution >= 4 is 22.8 Å². The van der Waals surface area contributed by atoms with Crippen LogP contribution in [0.15, 0.2) is 24.3 Å². The summed E-state index contributed by atoms with van der Waals surface area (Å²) in [5, 5.41) is 17.2. The zero-order chi connectivity index (χ0) is 16.3. The van der Waals surface area contributed by atoms with Crippen molar-refractivity contribution in [2.24, 2.45) is 7.05 Å². The fourth-order valence-corrected chi connectivity index (χ4v) is 2.65. The van der Waals surface area contributed by atoms with E-state index in [0.29, 0.717) is 18.5 Å².